The van der Waals surface area contributed by atoms with Crippen LogP contribution in [0.25, 0.3) is 0 Å². The number of hydrogen-bond donors (Lipinski definition) is 1. The molecule has 2 saturated heterocycles. The summed E-state index contributed by atoms with van der Waals surface area (Å²) >= 11 is 0. The fourth-order valence-electron chi connectivity index (χ4n) is 2.72. The Labute approximate surface area is 124 Å². The molecule has 3 rings (SSSR count). The number of rotatable bonds is 3. The molecule has 1 N–H and O–H groups in total. The lowest BCUT2D eigenvalue weighted by atomic mass is 9.97. The van der Waals surface area contributed by atoms with Crippen molar-refractivity contribution in [2.24, 2.45) is 0 Å². The average Bonchev–Trinajstić information content (AvgIpc) is 2.53. The van der Waals surface area contributed by atoms with Crippen molar-refractivity contribution < 1.29 is 24.1 Å². The van der Waals surface area contributed by atoms with Crippen molar-refractivity contribution >= 4 is 0 Å². The van der Waals surface area contributed by atoms with E-state index < -0.39 is 12.4 Å². The quantitative estimate of drug-likeness (QED) is 0.861. The van der Waals surface area contributed by atoms with Gasteiger partial charge in [0.2, 0.25) is 0 Å². The van der Waals surface area contributed by atoms with E-state index in [2.05, 4.69) is 6.58 Å². The monoisotopic (exact) mass is 292 g/mol. The Kier molecular flexibility index (Phi) is 4.26. The third kappa shape index (κ3) is 2.96. The molecule has 0 amide bonds. The summed E-state index contributed by atoms with van der Waals surface area (Å²) in [5.74, 6) is 0.790. The van der Waals surface area contributed by atoms with E-state index in [0.717, 1.165) is 11.3 Å². The van der Waals surface area contributed by atoms with E-state index in [9.17, 15) is 5.11 Å². The summed E-state index contributed by atoms with van der Waals surface area (Å²) < 4.78 is 22.5. The van der Waals surface area contributed by atoms with Gasteiger partial charge in [0.05, 0.1) is 25.9 Å². The lowest BCUT2D eigenvalue weighted by Crippen LogP contribution is -2.52. The van der Waals surface area contributed by atoms with E-state index in [4.69, 9.17) is 18.9 Å². The van der Waals surface area contributed by atoms with Gasteiger partial charge in [0, 0.05) is 12.0 Å². The predicted molar refractivity (Wildman–Crippen MR) is 76.0 cm³/mol. The molecule has 2 aliphatic rings. The van der Waals surface area contributed by atoms with Crippen LogP contribution in [-0.4, -0.2) is 43.2 Å². The molecule has 0 bridgehead atoms. The van der Waals surface area contributed by atoms with E-state index in [1.165, 1.54) is 0 Å². The highest BCUT2D eigenvalue weighted by Crippen LogP contribution is 2.34. The molecule has 0 aromatic heterocycles. The zero-order valence-corrected chi connectivity index (χ0v) is 12.0. The highest BCUT2D eigenvalue weighted by molar-refractivity contribution is 5.28. The minimum atomic E-state index is -0.585. The molecule has 0 radical (unpaired) electrons. The van der Waals surface area contributed by atoms with Crippen molar-refractivity contribution in [2.75, 3.05) is 13.7 Å². The maximum Gasteiger partial charge on any atom is 0.184 e. The second kappa shape index (κ2) is 6.15. The van der Waals surface area contributed by atoms with Crippen molar-refractivity contribution in [1.29, 1.82) is 0 Å². The maximum absolute atomic E-state index is 10.00. The number of fused-ring (bicyclic) bond motifs is 1. The number of methoxy groups -OCH3 is 1. The summed E-state index contributed by atoms with van der Waals surface area (Å²) in [6.07, 6.45) is 0.443. The van der Waals surface area contributed by atoms with Crippen LogP contribution in [0.4, 0.5) is 0 Å². The van der Waals surface area contributed by atoms with Gasteiger partial charge >= 0.3 is 0 Å². The third-order valence-electron chi connectivity index (χ3n) is 3.93. The molecule has 5 nitrogen and oxygen atoms in total. The first-order valence-electron chi connectivity index (χ1n) is 7.08. The second-order valence-electron chi connectivity index (χ2n) is 5.29. The van der Waals surface area contributed by atoms with Crippen LogP contribution < -0.4 is 4.74 Å². The predicted octanol–water partition coefficient (Wildman–Crippen LogP) is 1.81. The summed E-state index contributed by atoms with van der Waals surface area (Å²) in [4.78, 5) is 0. The van der Waals surface area contributed by atoms with Crippen molar-refractivity contribution in [3.63, 3.8) is 0 Å². The molecule has 114 valence electrons. The minimum absolute atomic E-state index is 0.161. The highest BCUT2D eigenvalue weighted by Gasteiger charge is 2.41. The fraction of sp³-hybridized carbons (Fsp3) is 0.500. The molecule has 2 aliphatic heterocycles. The number of benzene rings is 1. The second-order valence-corrected chi connectivity index (χ2v) is 5.29. The van der Waals surface area contributed by atoms with Crippen LogP contribution in [-0.2, 0) is 14.2 Å². The van der Waals surface area contributed by atoms with Gasteiger partial charge < -0.3 is 24.1 Å². The van der Waals surface area contributed by atoms with Crippen LogP contribution in [0.1, 0.15) is 18.3 Å². The molecule has 0 spiro atoms. The van der Waals surface area contributed by atoms with Crippen LogP contribution in [0.3, 0.4) is 0 Å². The lowest BCUT2D eigenvalue weighted by molar-refractivity contribution is -0.296. The number of aliphatic hydroxyl groups is 1. The van der Waals surface area contributed by atoms with Gasteiger partial charge in [-0.05, 0) is 12.1 Å². The van der Waals surface area contributed by atoms with E-state index in [1.54, 1.807) is 13.2 Å². The molecule has 2 fully saturated rings. The fourth-order valence-corrected chi connectivity index (χ4v) is 2.72. The summed E-state index contributed by atoms with van der Waals surface area (Å²) in [7, 11) is 1.63. The van der Waals surface area contributed by atoms with Gasteiger partial charge in [-0.25, -0.2) is 0 Å². The molecular weight excluding hydrogens is 272 g/mol. The molecule has 21 heavy (non-hydrogen) atoms. The average molecular weight is 292 g/mol. The molecule has 1 aromatic rings. The first-order valence-corrected chi connectivity index (χ1v) is 7.08. The SMILES string of the molecule is C=C[C@@H]1O[C@@H]2CO[C@@H](c3ccc(OC)cc3)O[C@H]2C[C@H]1O. The van der Waals surface area contributed by atoms with Crippen molar-refractivity contribution in [3.8, 4) is 5.75 Å². The molecule has 2 heterocycles. The molecule has 5 atom stereocenters. The first-order chi connectivity index (χ1) is 10.2. The zero-order chi connectivity index (χ0) is 14.8. The molecular formula is C16H20O5. The topological polar surface area (TPSA) is 57.2 Å². The van der Waals surface area contributed by atoms with Crippen LogP contribution in [0.15, 0.2) is 36.9 Å². The van der Waals surface area contributed by atoms with E-state index in [1.807, 2.05) is 24.3 Å². The van der Waals surface area contributed by atoms with Crippen LogP contribution in [0, 0.1) is 0 Å². The Bertz CT molecular complexity index is 486. The van der Waals surface area contributed by atoms with Crippen LogP contribution in [0.2, 0.25) is 0 Å². The zero-order valence-electron chi connectivity index (χ0n) is 12.0. The van der Waals surface area contributed by atoms with Crippen molar-refractivity contribution in [2.45, 2.75) is 37.1 Å². The molecule has 0 aliphatic carbocycles. The van der Waals surface area contributed by atoms with Crippen molar-refractivity contribution in [3.05, 3.63) is 42.5 Å². The number of hydrogen-bond acceptors (Lipinski definition) is 5. The normalized spacial score (nSPS) is 35.8. The van der Waals surface area contributed by atoms with Gasteiger partial charge in [-0.1, -0.05) is 18.2 Å². The first kappa shape index (κ1) is 14.5. The summed E-state index contributed by atoms with van der Waals surface area (Å²) in [6.45, 7) is 4.12. The summed E-state index contributed by atoms with van der Waals surface area (Å²) in [5.41, 5.74) is 0.926. The molecule has 5 heteroatoms. The Hall–Kier alpha value is -1.40. The van der Waals surface area contributed by atoms with Gasteiger partial charge in [-0.15, -0.1) is 6.58 Å². The molecule has 1 aromatic carbocycles. The maximum atomic E-state index is 10.00. The summed E-state index contributed by atoms with van der Waals surface area (Å²) in [5, 5.41) is 10.00. The summed E-state index contributed by atoms with van der Waals surface area (Å²) in [6, 6.07) is 7.56. The van der Waals surface area contributed by atoms with Crippen molar-refractivity contribution in [1.82, 2.24) is 0 Å². The number of aliphatic hydroxyl groups excluding tert-OH is 1. The lowest BCUT2D eigenvalue weighted by Gasteiger charge is -2.43. The Morgan fingerprint density at radius 3 is 2.67 bits per heavy atom. The molecule has 0 unspecified atom stereocenters. The van der Waals surface area contributed by atoms with E-state index in [-0.39, 0.29) is 18.3 Å². The van der Waals surface area contributed by atoms with E-state index >= 15 is 0 Å². The highest BCUT2D eigenvalue weighted by atomic mass is 16.7. The Balaban J connectivity index is 1.68. The van der Waals surface area contributed by atoms with Gasteiger partial charge in [-0.2, -0.15) is 0 Å². The number of ether oxygens (including phenoxy) is 4. The van der Waals surface area contributed by atoms with Crippen LogP contribution in [0.5, 0.6) is 5.75 Å². The Morgan fingerprint density at radius 1 is 1.24 bits per heavy atom. The Morgan fingerprint density at radius 2 is 2.00 bits per heavy atom. The van der Waals surface area contributed by atoms with E-state index in [0.29, 0.717) is 13.0 Å². The smallest absolute Gasteiger partial charge is 0.184 e. The molecule has 0 saturated carbocycles. The standard InChI is InChI=1S/C16H20O5/c1-3-13-12(17)8-14-15(20-13)9-19-16(21-14)10-4-6-11(18-2)7-5-10/h3-7,12-17H,1,8-9H2,2H3/t12-,13+,14+,15-,16-/m1/s1. The van der Waals surface area contributed by atoms with Gasteiger partial charge in [0.15, 0.2) is 6.29 Å². The van der Waals surface area contributed by atoms with Gasteiger partial charge in [0.25, 0.3) is 0 Å². The van der Waals surface area contributed by atoms with Crippen LogP contribution >= 0.6 is 0 Å². The van der Waals surface area contributed by atoms with Gasteiger partial charge in [0.1, 0.15) is 18.0 Å². The largest absolute Gasteiger partial charge is 0.497 e. The third-order valence-corrected chi connectivity index (χ3v) is 3.93. The van der Waals surface area contributed by atoms with Gasteiger partial charge in [-0.3, -0.25) is 0 Å². The minimum Gasteiger partial charge on any atom is -0.497 e.